The predicted molar refractivity (Wildman–Crippen MR) is 51.1 cm³/mol. The Morgan fingerprint density at radius 3 is 2.46 bits per heavy atom. The second-order valence-corrected chi connectivity index (χ2v) is 4.38. The van der Waals surface area contributed by atoms with Crippen LogP contribution >= 0.6 is 15.9 Å². The summed E-state index contributed by atoms with van der Waals surface area (Å²) in [5, 5.41) is 0. The van der Waals surface area contributed by atoms with E-state index in [2.05, 4.69) is 15.9 Å². The van der Waals surface area contributed by atoms with Crippen molar-refractivity contribution in [2.45, 2.75) is 24.7 Å². The van der Waals surface area contributed by atoms with Crippen LogP contribution in [0.15, 0.2) is 28.7 Å². The minimum absolute atomic E-state index is 0.612. The highest BCUT2D eigenvalue weighted by Crippen LogP contribution is 2.52. The van der Waals surface area contributed by atoms with Crippen molar-refractivity contribution in [2.75, 3.05) is 0 Å². The Balaban J connectivity index is 2.35. The molecule has 0 atom stereocenters. The van der Waals surface area contributed by atoms with Gasteiger partial charge in [0.1, 0.15) is 0 Å². The van der Waals surface area contributed by atoms with E-state index < -0.39 is 11.8 Å². The molecule has 1 aromatic rings. The molecular weight excluding hydrogens is 238 g/mol. The molecule has 70 valence electrons. The molecule has 1 aliphatic rings. The minimum Gasteiger partial charge on any atom is -0.210 e. The van der Waals surface area contributed by atoms with Gasteiger partial charge in [0.05, 0.1) is 5.41 Å². The summed E-state index contributed by atoms with van der Waals surface area (Å²) in [5.41, 5.74) is -0.0686. The molecule has 0 radical (unpaired) electrons. The van der Waals surface area contributed by atoms with E-state index in [-0.39, 0.29) is 0 Å². The Kier molecular flexibility index (Phi) is 2.14. The monoisotopic (exact) mass is 246 g/mol. The van der Waals surface area contributed by atoms with Gasteiger partial charge in [0, 0.05) is 4.47 Å². The van der Waals surface area contributed by atoms with Gasteiger partial charge in [0.15, 0.2) is 0 Å². The van der Waals surface area contributed by atoms with Gasteiger partial charge in [-0.3, -0.25) is 0 Å². The van der Waals surface area contributed by atoms with E-state index in [1.54, 1.807) is 12.1 Å². The van der Waals surface area contributed by atoms with Gasteiger partial charge in [-0.15, -0.1) is 0 Å². The Labute approximate surface area is 84.1 Å². The number of hydrogen-bond acceptors (Lipinski definition) is 0. The lowest BCUT2D eigenvalue weighted by molar-refractivity contribution is 0.102. The van der Waals surface area contributed by atoms with E-state index in [0.717, 1.165) is 10.0 Å². The zero-order valence-electron chi connectivity index (χ0n) is 6.93. The zero-order chi connectivity index (χ0) is 9.47. The standard InChI is InChI=1S/C10H9BrF2/c11-8-3-1-2-7(6-8)10(4-5-10)9(12)13/h1-3,6,9H,4-5H2. The third-order valence-electron chi connectivity index (χ3n) is 2.61. The largest absolute Gasteiger partial charge is 0.248 e. The first-order valence-electron chi connectivity index (χ1n) is 4.19. The summed E-state index contributed by atoms with van der Waals surface area (Å²) < 4.78 is 26.2. The van der Waals surface area contributed by atoms with Crippen molar-refractivity contribution >= 4 is 15.9 Å². The van der Waals surface area contributed by atoms with E-state index in [4.69, 9.17) is 0 Å². The topological polar surface area (TPSA) is 0 Å². The molecule has 2 rings (SSSR count). The number of hydrogen-bond donors (Lipinski definition) is 0. The van der Waals surface area contributed by atoms with E-state index in [1.165, 1.54) is 0 Å². The molecule has 0 aromatic heterocycles. The quantitative estimate of drug-likeness (QED) is 0.746. The highest BCUT2D eigenvalue weighted by Gasteiger charge is 2.52. The fourth-order valence-corrected chi connectivity index (χ4v) is 1.96. The third-order valence-corrected chi connectivity index (χ3v) is 3.10. The lowest BCUT2D eigenvalue weighted by Gasteiger charge is -2.14. The summed E-state index contributed by atoms with van der Waals surface area (Å²) in [5.74, 6) is 0. The van der Waals surface area contributed by atoms with Crippen molar-refractivity contribution in [1.29, 1.82) is 0 Å². The van der Waals surface area contributed by atoms with Crippen molar-refractivity contribution in [1.82, 2.24) is 0 Å². The van der Waals surface area contributed by atoms with Gasteiger partial charge in [0.25, 0.3) is 0 Å². The Bertz CT molecular complexity index is 318. The number of rotatable bonds is 2. The molecule has 13 heavy (non-hydrogen) atoms. The van der Waals surface area contributed by atoms with Gasteiger partial charge < -0.3 is 0 Å². The summed E-state index contributed by atoms with van der Waals surface area (Å²) in [4.78, 5) is 0. The molecule has 0 amide bonds. The zero-order valence-corrected chi connectivity index (χ0v) is 8.52. The lowest BCUT2D eigenvalue weighted by Crippen LogP contribution is -2.17. The predicted octanol–water partition coefficient (Wildman–Crippen LogP) is 3.75. The number of halogens is 3. The van der Waals surface area contributed by atoms with Crippen LogP contribution in [0.5, 0.6) is 0 Å². The fourth-order valence-electron chi connectivity index (χ4n) is 1.57. The van der Waals surface area contributed by atoms with Crippen LogP contribution in [-0.4, -0.2) is 6.43 Å². The van der Waals surface area contributed by atoms with Gasteiger partial charge in [-0.2, -0.15) is 0 Å². The van der Waals surface area contributed by atoms with Gasteiger partial charge in [-0.05, 0) is 30.5 Å². The number of alkyl halides is 2. The van der Waals surface area contributed by atoms with Crippen LogP contribution in [0, 0.1) is 0 Å². The smallest absolute Gasteiger partial charge is 0.210 e. The highest BCUT2D eigenvalue weighted by atomic mass is 79.9. The second-order valence-electron chi connectivity index (χ2n) is 3.47. The van der Waals surface area contributed by atoms with Crippen molar-refractivity contribution in [3.63, 3.8) is 0 Å². The molecule has 1 saturated carbocycles. The molecule has 0 unspecified atom stereocenters. The van der Waals surface area contributed by atoms with Crippen LogP contribution in [0.2, 0.25) is 0 Å². The Morgan fingerprint density at radius 1 is 1.31 bits per heavy atom. The van der Waals surface area contributed by atoms with Crippen molar-refractivity contribution in [3.05, 3.63) is 34.3 Å². The molecule has 1 aliphatic carbocycles. The molecular formula is C10H9BrF2. The number of benzene rings is 1. The highest BCUT2D eigenvalue weighted by molar-refractivity contribution is 9.10. The maximum absolute atomic E-state index is 12.7. The van der Waals surface area contributed by atoms with Gasteiger partial charge >= 0.3 is 0 Å². The fraction of sp³-hybridized carbons (Fsp3) is 0.400. The molecule has 0 bridgehead atoms. The lowest BCUT2D eigenvalue weighted by atomic mass is 9.97. The second kappa shape index (κ2) is 3.05. The first kappa shape index (κ1) is 9.13. The van der Waals surface area contributed by atoms with Crippen LogP contribution < -0.4 is 0 Å². The van der Waals surface area contributed by atoms with E-state index in [1.807, 2.05) is 12.1 Å². The molecule has 0 saturated heterocycles. The normalized spacial score (nSPS) is 19.1. The average Bonchev–Trinajstić information content (AvgIpc) is 2.83. The Hall–Kier alpha value is -0.440. The summed E-state index contributed by atoms with van der Waals surface area (Å²) >= 11 is 3.29. The van der Waals surface area contributed by atoms with Crippen LogP contribution in [0.1, 0.15) is 18.4 Å². The van der Waals surface area contributed by atoms with Crippen molar-refractivity contribution < 1.29 is 8.78 Å². The maximum atomic E-state index is 12.7. The van der Waals surface area contributed by atoms with E-state index in [0.29, 0.717) is 12.8 Å². The average molecular weight is 247 g/mol. The first-order valence-corrected chi connectivity index (χ1v) is 4.99. The molecule has 1 aromatic carbocycles. The molecule has 1 fully saturated rings. The molecule has 0 aliphatic heterocycles. The summed E-state index contributed by atoms with van der Waals surface area (Å²) in [7, 11) is 0. The molecule has 0 nitrogen and oxygen atoms in total. The van der Waals surface area contributed by atoms with Crippen LogP contribution in [0.3, 0.4) is 0 Å². The maximum Gasteiger partial charge on any atom is 0.248 e. The van der Waals surface area contributed by atoms with E-state index in [9.17, 15) is 8.78 Å². The molecule has 3 heteroatoms. The molecule has 0 N–H and O–H groups in total. The molecule has 0 spiro atoms. The van der Waals surface area contributed by atoms with Crippen LogP contribution in [0.25, 0.3) is 0 Å². The third kappa shape index (κ3) is 1.50. The molecule has 0 heterocycles. The van der Waals surface area contributed by atoms with Crippen LogP contribution in [-0.2, 0) is 5.41 Å². The van der Waals surface area contributed by atoms with Gasteiger partial charge in [-0.1, -0.05) is 28.1 Å². The van der Waals surface area contributed by atoms with Gasteiger partial charge in [-0.25, -0.2) is 8.78 Å². The van der Waals surface area contributed by atoms with Gasteiger partial charge in [0.2, 0.25) is 6.43 Å². The SMILES string of the molecule is FC(F)C1(c2cccc(Br)c2)CC1. The minimum atomic E-state index is -2.23. The summed E-state index contributed by atoms with van der Waals surface area (Å²) in [6.45, 7) is 0. The Morgan fingerprint density at radius 2 is 2.00 bits per heavy atom. The van der Waals surface area contributed by atoms with E-state index >= 15 is 0 Å². The van der Waals surface area contributed by atoms with Crippen molar-refractivity contribution in [3.8, 4) is 0 Å². The summed E-state index contributed by atoms with van der Waals surface area (Å²) in [6.07, 6.45) is -1.01. The summed E-state index contributed by atoms with van der Waals surface area (Å²) in [6, 6.07) is 7.23. The first-order chi connectivity index (χ1) is 6.15. The van der Waals surface area contributed by atoms with Crippen LogP contribution in [0.4, 0.5) is 8.78 Å². The van der Waals surface area contributed by atoms with Crippen molar-refractivity contribution in [2.24, 2.45) is 0 Å².